The third kappa shape index (κ3) is 40.5. The van der Waals surface area contributed by atoms with Crippen molar-refractivity contribution in [3.8, 4) is 0 Å². The van der Waals surface area contributed by atoms with Gasteiger partial charge in [-0.05, 0) is 36.9 Å². The predicted molar refractivity (Wildman–Crippen MR) is 175 cm³/mol. The Balaban J connectivity index is 3.04. The largest absolute Gasteiger partial charge is 0.415 e. The van der Waals surface area contributed by atoms with Crippen LogP contribution in [0.2, 0.25) is 19.6 Å². The minimum absolute atomic E-state index is 0.527. The van der Waals surface area contributed by atoms with Gasteiger partial charge in [-0.3, -0.25) is 0 Å². The second kappa shape index (κ2) is 36.0. The van der Waals surface area contributed by atoms with Gasteiger partial charge in [0.2, 0.25) is 0 Å². The molecule has 0 aliphatic carbocycles. The molecule has 0 aliphatic heterocycles. The molecule has 0 heterocycles. The fraction of sp³-hybridized carbons (Fsp3) is 1.00. The third-order valence-electron chi connectivity index (χ3n) is 5.28. The number of rotatable bonds is 37. The topological polar surface area (TPSA) is 102 Å². The first-order valence-corrected chi connectivity index (χ1v) is 20.5. The summed E-state index contributed by atoms with van der Waals surface area (Å²) in [6.45, 7) is 18.5. The molecule has 0 bridgehead atoms. The molecule has 0 atom stereocenters. The summed E-state index contributed by atoms with van der Waals surface area (Å²) in [5.74, 6) is 0. The molecule has 0 aliphatic rings. The molecule has 0 saturated carbocycles. The molecule has 0 saturated heterocycles. The number of halogens is 1. The van der Waals surface area contributed by atoms with E-state index in [4.69, 9.17) is 51.8 Å². The second-order valence-electron chi connectivity index (χ2n) is 10.2. The van der Waals surface area contributed by atoms with Crippen LogP contribution in [0.3, 0.4) is 0 Å². The lowest BCUT2D eigenvalue weighted by Crippen LogP contribution is -2.27. The highest BCUT2D eigenvalue weighted by atomic mass is 127. The summed E-state index contributed by atoms with van der Waals surface area (Å²) in [5, 5.41) is 0. The zero-order valence-electron chi connectivity index (χ0n) is 26.8. The van der Waals surface area contributed by atoms with E-state index in [1.54, 1.807) is 0 Å². The first-order chi connectivity index (χ1) is 20.6. The maximum Gasteiger partial charge on any atom is 0.183 e. The lowest BCUT2D eigenvalue weighted by atomic mass is 10.2. The van der Waals surface area contributed by atoms with Crippen molar-refractivity contribution in [2.45, 2.75) is 45.3 Å². The van der Waals surface area contributed by atoms with E-state index in [1.807, 2.05) is 0 Å². The molecule has 0 spiro atoms. The Morgan fingerprint density at radius 1 is 0.310 bits per heavy atom. The van der Waals surface area contributed by atoms with E-state index in [2.05, 4.69) is 42.2 Å². The van der Waals surface area contributed by atoms with E-state index in [0.29, 0.717) is 132 Å². The highest BCUT2D eigenvalue weighted by molar-refractivity contribution is 14.1. The molecular formula is C29H61IO11Si. The van der Waals surface area contributed by atoms with Crippen molar-refractivity contribution in [3.05, 3.63) is 0 Å². The summed E-state index contributed by atoms with van der Waals surface area (Å²) in [6.07, 6.45) is 4.99. The number of hydrogen-bond donors (Lipinski definition) is 0. The van der Waals surface area contributed by atoms with Gasteiger partial charge in [-0.15, -0.1) is 0 Å². The standard InChI is InChI=1S/C29H61IO11Si/c1-42(2,3)41-29-28-40-27-26-39-25-24-38-23-22-37-21-20-36-19-18-35-17-16-34-15-14-33-13-12-32-11-10-31-9-7-5-4-6-8-30/h4-29H2,1-3H3. The Morgan fingerprint density at radius 3 is 0.810 bits per heavy atom. The Morgan fingerprint density at radius 2 is 0.548 bits per heavy atom. The second-order valence-corrected chi connectivity index (χ2v) is 15.8. The summed E-state index contributed by atoms with van der Waals surface area (Å²) in [4.78, 5) is 0. The lowest BCUT2D eigenvalue weighted by Gasteiger charge is -2.16. The molecule has 254 valence electrons. The normalized spacial score (nSPS) is 12.0. The molecule has 11 nitrogen and oxygen atoms in total. The fourth-order valence-electron chi connectivity index (χ4n) is 3.14. The van der Waals surface area contributed by atoms with E-state index >= 15 is 0 Å². The zero-order chi connectivity index (χ0) is 30.7. The zero-order valence-corrected chi connectivity index (χ0v) is 29.9. The number of hydrogen-bond acceptors (Lipinski definition) is 11. The van der Waals surface area contributed by atoms with Crippen molar-refractivity contribution in [1.29, 1.82) is 0 Å². The molecule has 0 amide bonds. The maximum absolute atomic E-state index is 5.72. The predicted octanol–water partition coefficient (Wildman–Crippen LogP) is 4.00. The Hall–Kier alpha value is 0.507. The van der Waals surface area contributed by atoms with Gasteiger partial charge in [0.15, 0.2) is 8.32 Å². The van der Waals surface area contributed by atoms with Gasteiger partial charge in [-0.2, -0.15) is 0 Å². The average Bonchev–Trinajstić information content (AvgIpc) is 2.96. The SMILES string of the molecule is C[Si](C)(C)OCCOCCOCCOCCOCCOCCOCCOCCOCCOCCOCCCCCCI. The van der Waals surface area contributed by atoms with E-state index in [-0.39, 0.29) is 0 Å². The first-order valence-electron chi connectivity index (χ1n) is 15.5. The van der Waals surface area contributed by atoms with Gasteiger partial charge in [-0.1, -0.05) is 35.4 Å². The summed E-state index contributed by atoms with van der Waals surface area (Å²) < 4.78 is 61.8. The van der Waals surface area contributed by atoms with E-state index in [1.165, 1.54) is 23.7 Å². The van der Waals surface area contributed by atoms with Crippen LogP contribution in [0.5, 0.6) is 0 Å². The number of ether oxygens (including phenoxy) is 10. The third-order valence-corrected chi connectivity index (χ3v) is 7.12. The van der Waals surface area contributed by atoms with Crippen molar-refractivity contribution in [2.75, 3.05) is 143 Å². The van der Waals surface area contributed by atoms with Crippen molar-refractivity contribution in [2.24, 2.45) is 0 Å². The molecule has 42 heavy (non-hydrogen) atoms. The van der Waals surface area contributed by atoms with Crippen LogP contribution >= 0.6 is 22.6 Å². The first kappa shape index (κ1) is 42.5. The lowest BCUT2D eigenvalue weighted by molar-refractivity contribution is -0.0267. The van der Waals surface area contributed by atoms with Crippen LogP contribution in [0.15, 0.2) is 0 Å². The molecule has 0 fully saturated rings. The Labute approximate surface area is 270 Å². The number of alkyl halides is 1. The highest BCUT2D eigenvalue weighted by Crippen LogP contribution is 2.02. The van der Waals surface area contributed by atoms with E-state index < -0.39 is 8.32 Å². The maximum atomic E-state index is 5.72. The van der Waals surface area contributed by atoms with Crippen LogP contribution in [0, 0.1) is 0 Å². The van der Waals surface area contributed by atoms with Crippen LogP contribution in [0.25, 0.3) is 0 Å². The number of unbranched alkanes of at least 4 members (excludes halogenated alkanes) is 3. The molecular weight excluding hydrogens is 679 g/mol. The van der Waals surface area contributed by atoms with Crippen LogP contribution in [0.4, 0.5) is 0 Å². The van der Waals surface area contributed by atoms with Crippen LogP contribution in [0.1, 0.15) is 25.7 Å². The molecule has 0 aromatic rings. The fourth-order valence-corrected chi connectivity index (χ4v) is 4.38. The van der Waals surface area contributed by atoms with Crippen LogP contribution in [-0.2, 0) is 51.8 Å². The molecule has 0 aromatic heterocycles. The minimum atomic E-state index is -1.45. The van der Waals surface area contributed by atoms with E-state index in [0.717, 1.165) is 13.0 Å². The van der Waals surface area contributed by atoms with Gasteiger partial charge in [0.05, 0.1) is 132 Å². The highest BCUT2D eigenvalue weighted by Gasteiger charge is 2.13. The Kier molecular flexibility index (Phi) is 36.4. The van der Waals surface area contributed by atoms with Gasteiger partial charge < -0.3 is 51.8 Å². The van der Waals surface area contributed by atoms with Gasteiger partial charge in [-0.25, -0.2) is 0 Å². The smallest absolute Gasteiger partial charge is 0.183 e. The van der Waals surface area contributed by atoms with Crippen LogP contribution < -0.4 is 0 Å². The molecule has 0 aromatic carbocycles. The van der Waals surface area contributed by atoms with Gasteiger partial charge in [0.1, 0.15) is 0 Å². The van der Waals surface area contributed by atoms with Crippen molar-refractivity contribution in [1.82, 2.24) is 0 Å². The van der Waals surface area contributed by atoms with Gasteiger partial charge in [0, 0.05) is 6.61 Å². The molecule has 0 unspecified atom stereocenters. The van der Waals surface area contributed by atoms with Crippen LogP contribution in [-0.4, -0.2) is 151 Å². The monoisotopic (exact) mass is 740 g/mol. The summed E-state index contributed by atoms with van der Waals surface area (Å²) in [5.41, 5.74) is 0. The van der Waals surface area contributed by atoms with Gasteiger partial charge in [0.25, 0.3) is 0 Å². The average molecular weight is 741 g/mol. The molecule has 0 radical (unpaired) electrons. The quantitative estimate of drug-likeness (QED) is 0.0400. The van der Waals surface area contributed by atoms with Crippen molar-refractivity contribution < 1.29 is 51.8 Å². The van der Waals surface area contributed by atoms with E-state index in [9.17, 15) is 0 Å². The van der Waals surface area contributed by atoms with Crippen molar-refractivity contribution >= 4 is 30.9 Å². The molecule has 0 rings (SSSR count). The summed E-state index contributed by atoms with van der Waals surface area (Å²) in [7, 11) is -1.45. The molecule has 0 N–H and O–H groups in total. The van der Waals surface area contributed by atoms with Crippen molar-refractivity contribution in [3.63, 3.8) is 0 Å². The Bertz CT molecular complexity index is 505. The van der Waals surface area contributed by atoms with Gasteiger partial charge >= 0.3 is 0 Å². The minimum Gasteiger partial charge on any atom is -0.415 e. The molecule has 13 heteroatoms. The summed E-state index contributed by atoms with van der Waals surface area (Å²) >= 11 is 2.42. The summed E-state index contributed by atoms with van der Waals surface area (Å²) in [6, 6.07) is 0.